The van der Waals surface area contributed by atoms with Gasteiger partial charge in [0.2, 0.25) is 0 Å². The van der Waals surface area contributed by atoms with Gasteiger partial charge in [-0.1, -0.05) is 6.42 Å². The zero-order chi connectivity index (χ0) is 10.6. The Hall–Kier alpha value is -1.30. The van der Waals surface area contributed by atoms with Gasteiger partial charge in [-0.2, -0.15) is 0 Å². The summed E-state index contributed by atoms with van der Waals surface area (Å²) in [5.74, 6) is 4.94. The molecule has 6 heteroatoms. The van der Waals surface area contributed by atoms with E-state index >= 15 is 0 Å². The Morgan fingerprint density at radius 2 is 1.86 bits per heavy atom. The quantitative estimate of drug-likeness (QED) is 0.380. The average molecular weight is 202 g/mol. The molecule has 1 aliphatic carbocycles. The summed E-state index contributed by atoms with van der Waals surface area (Å²) in [6, 6.07) is 0. The lowest BCUT2D eigenvalue weighted by Crippen LogP contribution is -2.43. The first kappa shape index (κ1) is 10.8. The Balaban J connectivity index is 2.35. The van der Waals surface area contributed by atoms with E-state index in [9.17, 15) is 9.59 Å². The SMILES string of the molecule is NN(C(=O)O)C(=O)OC1CCCCC1. The van der Waals surface area contributed by atoms with Crippen molar-refractivity contribution in [1.29, 1.82) is 0 Å². The number of carboxylic acid groups (broad SMARTS) is 1. The highest BCUT2D eigenvalue weighted by molar-refractivity contribution is 5.85. The van der Waals surface area contributed by atoms with Crippen molar-refractivity contribution in [2.24, 2.45) is 5.84 Å². The number of carbonyl (C=O) groups excluding carboxylic acids is 1. The molecular weight excluding hydrogens is 188 g/mol. The third kappa shape index (κ3) is 2.88. The van der Waals surface area contributed by atoms with Crippen LogP contribution in [-0.2, 0) is 4.74 Å². The van der Waals surface area contributed by atoms with Gasteiger partial charge in [-0.15, -0.1) is 5.01 Å². The van der Waals surface area contributed by atoms with E-state index in [1.807, 2.05) is 0 Å². The summed E-state index contributed by atoms with van der Waals surface area (Å²) >= 11 is 0. The number of hydrogen-bond acceptors (Lipinski definition) is 4. The number of ether oxygens (including phenoxy) is 1. The maximum atomic E-state index is 11.1. The van der Waals surface area contributed by atoms with Crippen molar-refractivity contribution >= 4 is 12.2 Å². The molecule has 1 saturated carbocycles. The molecule has 6 nitrogen and oxygen atoms in total. The molecule has 2 amide bonds. The van der Waals surface area contributed by atoms with Crippen LogP contribution in [-0.4, -0.2) is 28.4 Å². The fourth-order valence-electron chi connectivity index (χ4n) is 1.46. The van der Waals surface area contributed by atoms with E-state index in [1.165, 1.54) is 0 Å². The summed E-state index contributed by atoms with van der Waals surface area (Å²) in [7, 11) is 0. The van der Waals surface area contributed by atoms with Crippen molar-refractivity contribution < 1.29 is 19.4 Å². The van der Waals surface area contributed by atoms with Crippen molar-refractivity contribution in [2.75, 3.05) is 0 Å². The lowest BCUT2D eigenvalue weighted by Gasteiger charge is -2.23. The van der Waals surface area contributed by atoms with Crippen molar-refractivity contribution in [2.45, 2.75) is 38.2 Å². The van der Waals surface area contributed by atoms with E-state index in [4.69, 9.17) is 15.7 Å². The third-order valence-electron chi connectivity index (χ3n) is 2.22. The van der Waals surface area contributed by atoms with Crippen LogP contribution in [0.4, 0.5) is 9.59 Å². The number of carbonyl (C=O) groups is 2. The molecule has 0 atom stereocenters. The van der Waals surface area contributed by atoms with E-state index in [2.05, 4.69) is 0 Å². The van der Waals surface area contributed by atoms with E-state index in [-0.39, 0.29) is 11.1 Å². The molecule has 80 valence electrons. The molecule has 0 aromatic rings. The maximum absolute atomic E-state index is 11.1. The van der Waals surface area contributed by atoms with E-state index in [0.29, 0.717) is 0 Å². The standard InChI is InChI=1S/C8H14N2O4/c9-10(7(11)12)8(13)14-6-4-2-1-3-5-6/h6H,1-5,9H2,(H,11,12). The number of hydrazine groups is 1. The van der Waals surface area contributed by atoms with Crippen LogP contribution < -0.4 is 5.84 Å². The number of rotatable bonds is 1. The second kappa shape index (κ2) is 4.80. The van der Waals surface area contributed by atoms with Gasteiger partial charge in [-0.3, -0.25) is 0 Å². The van der Waals surface area contributed by atoms with Gasteiger partial charge in [0.25, 0.3) is 0 Å². The van der Waals surface area contributed by atoms with Gasteiger partial charge in [0.15, 0.2) is 0 Å². The number of nitrogens with two attached hydrogens (primary N) is 1. The topological polar surface area (TPSA) is 92.9 Å². The van der Waals surface area contributed by atoms with Crippen LogP contribution in [0.15, 0.2) is 0 Å². The summed E-state index contributed by atoms with van der Waals surface area (Å²) in [5, 5.41) is 8.45. The second-order valence-corrected chi connectivity index (χ2v) is 3.30. The van der Waals surface area contributed by atoms with Gasteiger partial charge in [0.05, 0.1) is 0 Å². The third-order valence-corrected chi connectivity index (χ3v) is 2.22. The van der Waals surface area contributed by atoms with Crippen LogP contribution in [0, 0.1) is 0 Å². The second-order valence-electron chi connectivity index (χ2n) is 3.30. The molecular formula is C8H14N2O4. The smallest absolute Gasteiger partial charge is 0.434 e. The number of hydrogen-bond donors (Lipinski definition) is 2. The Morgan fingerprint density at radius 3 is 2.36 bits per heavy atom. The first-order valence-electron chi connectivity index (χ1n) is 4.59. The van der Waals surface area contributed by atoms with Crippen molar-refractivity contribution in [3.05, 3.63) is 0 Å². The minimum Gasteiger partial charge on any atom is -0.464 e. The maximum Gasteiger partial charge on any atom is 0.434 e. The van der Waals surface area contributed by atoms with Gasteiger partial charge in [0, 0.05) is 0 Å². The summed E-state index contributed by atoms with van der Waals surface area (Å²) < 4.78 is 4.90. The molecule has 3 N–H and O–H groups in total. The zero-order valence-corrected chi connectivity index (χ0v) is 7.81. The van der Waals surface area contributed by atoms with Crippen LogP contribution in [0.2, 0.25) is 0 Å². The minimum atomic E-state index is -1.51. The molecule has 1 fully saturated rings. The molecule has 0 aromatic carbocycles. The van der Waals surface area contributed by atoms with Gasteiger partial charge < -0.3 is 9.84 Å². The molecule has 0 aliphatic heterocycles. The van der Waals surface area contributed by atoms with Gasteiger partial charge in [-0.25, -0.2) is 15.4 Å². The first-order chi connectivity index (χ1) is 6.61. The Labute approximate surface area is 81.6 Å². The largest absolute Gasteiger partial charge is 0.464 e. The predicted molar refractivity (Wildman–Crippen MR) is 47.4 cm³/mol. The molecule has 0 heterocycles. The summed E-state index contributed by atoms with van der Waals surface area (Å²) in [4.78, 5) is 21.3. The van der Waals surface area contributed by atoms with Crippen LogP contribution in [0.5, 0.6) is 0 Å². The van der Waals surface area contributed by atoms with Crippen molar-refractivity contribution in [3.8, 4) is 0 Å². The normalized spacial score (nSPS) is 17.5. The van der Waals surface area contributed by atoms with Crippen LogP contribution in [0.25, 0.3) is 0 Å². The highest BCUT2D eigenvalue weighted by Crippen LogP contribution is 2.20. The first-order valence-corrected chi connectivity index (χ1v) is 4.59. The molecule has 1 rings (SSSR count). The van der Waals surface area contributed by atoms with Crippen LogP contribution >= 0.6 is 0 Å². The number of imide groups is 1. The summed E-state index contributed by atoms with van der Waals surface area (Å²) in [6.45, 7) is 0. The Kier molecular flexibility index (Phi) is 3.70. The van der Waals surface area contributed by atoms with E-state index in [1.54, 1.807) is 0 Å². The predicted octanol–water partition coefficient (Wildman–Crippen LogP) is 1.31. The molecule has 0 spiro atoms. The van der Waals surface area contributed by atoms with Gasteiger partial charge in [0.1, 0.15) is 6.10 Å². The summed E-state index contributed by atoms with van der Waals surface area (Å²) in [5.41, 5.74) is 0. The lowest BCUT2D eigenvalue weighted by atomic mass is 9.98. The molecule has 14 heavy (non-hydrogen) atoms. The fraction of sp³-hybridized carbons (Fsp3) is 0.750. The van der Waals surface area contributed by atoms with E-state index in [0.717, 1.165) is 32.1 Å². The monoisotopic (exact) mass is 202 g/mol. The van der Waals surface area contributed by atoms with Gasteiger partial charge in [-0.05, 0) is 25.7 Å². The van der Waals surface area contributed by atoms with Crippen molar-refractivity contribution in [3.63, 3.8) is 0 Å². The molecule has 0 radical (unpaired) electrons. The summed E-state index contributed by atoms with van der Waals surface area (Å²) in [6.07, 6.45) is 2.06. The highest BCUT2D eigenvalue weighted by atomic mass is 16.6. The van der Waals surface area contributed by atoms with Crippen molar-refractivity contribution in [1.82, 2.24) is 5.01 Å². The molecule has 0 saturated heterocycles. The minimum absolute atomic E-state index is 0.0641. The Bertz CT molecular complexity index is 225. The molecule has 0 unspecified atom stereocenters. The lowest BCUT2D eigenvalue weighted by molar-refractivity contribution is 0.0463. The number of nitrogens with zero attached hydrogens (tertiary/aromatic N) is 1. The fourth-order valence-corrected chi connectivity index (χ4v) is 1.46. The average Bonchev–Trinajstić information content (AvgIpc) is 2.18. The highest BCUT2D eigenvalue weighted by Gasteiger charge is 2.23. The van der Waals surface area contributed by atoms with E-state index < -0.39 is 12.2 Å². The number of amides is 2. The van der Waals surface area contributed by atoms with Gasteiger partial charge >= 0.3 is 12.2 Å². The molecule has 0 bridgehead atoms. The molecule has 0 aromatic heterocycles. The van der Waals surface area contributed by atoms with Crippen LogP contribution in [0.1, 0.15) is 32.1 Å². The Morgan fingerprint density at radius 1 is 1.29 bits per heavy atom. The molecule has 1 aliphatic rings. The van der Waals surface area contributed by atoms with Crippen LogP contribution in [0.3, 0.4) is 0 Å². The zero-order valence-electron chi connectivity index (χ0n) is 7.81.